The molecule has 1 aromatic heterocycles. The van der Waals surface area contributed by atoms with Crippen LogP contribution in [-0.2, 0) is 11.3 Å². The molecule has 0 saturated carbocycles. The summed E-state index contributed by atoms with van der Waals surface area (Å²) in [4.78, 5) is 11.5. The molecule has 0 aliphatic carbocycles. The lowest BCUT2D eigenvalue weighted by molar-refractivity contribution is -0.121. The summed E-state index contributed by atoms with van der Waals surface area (Å²) < 4.78 is 30.0. The van der Waals surface area contributed by atoms with E-state index in [1.807, 2.05) is 0 Å². The number of hydrogen-bond acceptors (Lipinski definition) is 5. The lowest BCUT2D eigenvalue weighted by Gasteiger charge is -2.07. The minimum Gasteiger partial charge on any atom is -0.504 e. The Kier molecular flexibility index (Phi) is 6.07. The number of carbonyl (C=O) groups is 1. The van der Waals surface area contributed by atoms with Crippen LogP contribution in [-0.4, -0.2) is 45.7 Å². The first kappa shape index (κ1) is 17.7. The fraction of sp³-hybridized carbons (Fsp3) is 0.333. The number of phenolic OH excluding ortho intramolecular Hbond substituents is 1. The molecular weight excluding hydrogens is 324 g/mol. The molecule has 1 amide bonds. The first-order valence-corrected chi connectivity index (χ1v) is 7.19. The Labute approximate surface area is 136 Å². The molecule has 0 radical (unpaired) electrons. The van der Waals surface area contributed by atoms with Crippen molar-refractivity contribution < 1.29 is 28.5 Å². The maximum atomic E-state index is 12.2. The summed E-state index contributed by atoms with van der Waals surface area (Å²) in [5, 5.41) is 25.1. The van der Waals surface area contributed by atoms with E-state index in [-0.39, 0.29) is 31.2 Å². The van der Waals surface area contributed by atoms with Gasteiger partial charge in [-0.2, -0.15) is 13.9 Å². The van der Waals surface area contributed by atoms with Crippen molar-refractivity contribution in [3.63, 3.8) is 0 Å². The van der Waals surface area contributed by atoms with Crippen molar-refractivity contribution in [2.75, 3.05) is 13.2 Å². The van der Waals surface area contributed by atoms with Gasteiger partial charge in [-0.3, -0.25) is 9.48 Å². The van der Waals surface area contributed by atoms with Gasteiger partial charge in [0.15, 0.2) is 11.5 Å². The topological polar surface area (TPSA) is 96.6 Å². The number of aromatic hydroxyl groups is 1. The van der Waals surface area contributed by atoms with Crippen LogP contribution in [0.3, 0.4) is 0 Å². The van der Waals surface area contributed by atoms with Gasteiger partial charge in [-0.25, -0.2) is 0 Å². The number of benzene rings is 1. The molecule has 0 spiro atoms. The van der Waals surface area contributed by atoms with E-state index in [9.17, 15) is 18.7 Å². The van der Waals surface area contributed by atoms with Gasteiger partial charge >= 0.3 is 6.61 Å². The van der Waals surface area contributed by atoms with E-state index >= 15 is 0 Å². The molecular formula is C15H17F2N3O4. The number of alkyl halides is 2. The number of aliphatic hydroxyl groups is 1. The fourth-order valence-electron chi connectivity index (χ4n) is 2.01. The van der Waals surface area contributed by atoms with Crippen LogP contribution >= 0.6 is 0 Å². The molecule has 0 bridgehead atoms. The molecule has 0 fully saturated rings. The fourth-order valence-corrected chi connectivity index (χ4v) is 2.01. The van der Waals surface area contributed by atoms with Crippen LogP contribution in [0.1, 0.15) is 6.42 Å². The molecule has 0 aliphatic rings. The second-order valence-electron chi connectivity index (χ2n) is 4.85. The van der Waals surface area contributed by atoms with Crippen LogP contribution < -0.4 is 10.1 Å². The lowest BCUT2D eigenvalue weighted by Crippen LogP contribution is -2.27. The van der Waals surface area contributed by atoms with Gasteiger partial charge in [0.25, 0.3) is 0 Å². The number of nitrogens with zero attached hydrogens (tertiary/aromatic N) is 2. The quantitative estimate of drug-likeness (QED) is 0.674. The lowest BCUT2D eigenvalue weighted by atomic mass is 10.1. The van der Waals surface area contributed by atoms with Crippen molar-refractivity contribution in [1.29, 1.82) is 0 Å². The standard InChI is InChI=1S/C15H17F2N3O4/c16-15(17)24-13-2-1-10(9-12(13)22)11-3-6-20(19-11)7-4-14(23)18-5-8-21/h1-3,6,9,15,21-22H,4-5,7-8H2,(H,18,23). The predicted molar refractivity (Wildman–Crippen MR) is 80.7 cm³/mol. The van der Waals surface area contributed by atoms with Crippen LogP contribution in [0.5, 0.6) is 11.5 Å². The van der Waals surface area contributed by atoms with Crippen LogP contribution in [0, 0.1) is 0 Å². The zero-order valence-electron chi connectivity index (χ0n) is 12.7. The van der Waals surface area contributed by atoms with Gasteiger partial charge in [0.05, 0.1) is 12.3 Å². The summed E-state index contributed by atoms with van der Waals surface area (Å²) >= 11 is 0. The highest BCUT2D eigenvalue weighted by Crippen LogP contribution is 2.31. The molecule has 2 aromatic rings. The van der Waals surface area contributed by atoms with Gasteiger partial charge in [0.1, 0.15) is 0 Å². The van der Waals surface area contributed by atoms with Crippen LogP contribution in [0.15, 0.2) is 30.5 Å². The van der Waals surface area contributed by atoms with E-state index < -0.39 is 12.4 Å². The van der Waals surface area contributed by atoms with E-state index in [2.05, 4.69) is 15.2 Å². The zero-order chi connectivity index (χ0) is 17.5. The van der Waals surface area contributed by atoms with Gasteiger partial charge in [-0.1, -0.05) is 0 Å². The molecule has 1 aromatic carbocycles. The smallest absolute Gasteiger partial charge is 0.387 e. The number of carbonyl (C=O) groups excluding carboxylic acids is 1. The molecule has 1 heterocycles. The van der Waals surface area contributed by atoms with E-state index in [4.69, 9.17) is 5.11 Å². The number of aromatic nitrogens is 2. The number of aryl methyl sites for hydroxylation is 1. The molecule has 9 heteroatoms. The highest BCUT2D eigenvalue weighted by molar-refractivity contribution is 5.75. The Bertz CT molecular complexity index is 691. The third-order valence-electron chi connectivity index (χ3n) is 3.11. The molecule has 0 saturated heterocycles. The Morgan fingerprint density at radius 2 is 2.17 bits per heavy atom. The summed E-state index contributed by atoms with van der Waals surface area (Å²) in [5.41, 5.74) is 1.04. The highest BCUT2D eigenvalue weighted by atomic mass is 19.3. The van der Waals surface area contributed by atoms with Crippen LogP contribution in [0.2, 0.25) is 0 Å². The Balaban J connectivity index is 2.00. The number of rotatable bonds is 8. The number of halogens is 2. The van der Waals surface area contributed by atoms with Crippen LogP contribution in [0.25, 0.3) is 11.3 Å². The average molecular weight is 341 g/mol. The molecule has 0 unspecified atom stereocenters. The monoisotopic (exact) mass is 341 g/mol. The van der Waals surface area contributed by atoms with Gasteiger partial charge in [-0.05, 0) is 24.3 Å². The van der Waals surface area contributed by atoms with Crippen LogP contribution in [0.4, 0.5) is 8.78 Å². The number of hydrogen-bond donors (Lipinski definition) is 3. The van der Waals surface area contributed by atoms with Gasteiger partial charge in [-0.15, -0.1) is 0 Å². The summed E-state index contributed by atoms with van der Waals surface area (Å²) in [6.07, 6.45) is 1.86. The summed E-state index contributed by atoms with van der Waals surface area (Å²) in [6, 6.07) is 5.68. The maximum absolute atomic E-state index is 12.2. The average Bonchev–Trinajstić information content (AvgIpc) is 3.01. The van der Waals surface area contributed by atoms with E-state index in [0.717, 1.165) is 0 Å². The van der Waals surface area contributed by atoms with E-state index in [1.165, 1.54) is 18.2 Å². The van der Waals surface area contributed by atoms with Crippen molar-refractivity contribution in [1.82, 2.24) is 15.1 Å². The zero-order valence-corrected chi connectivity index (χ0v) is 12.7. The minimum absolute atomic E-state index is 0.119. The Morgan fingerprint density at radius 3 is 2.83 bits per heavy atom. The minimum atomic E-state index is -3.02. The first-order valence-electron chi connectivity index (χ1n) is 7.19. The number of phenols is 1. The molecule has 3 N–H and O–H groups in total. The summed E-state index contributed by atoms with van der Waals surface area (Å²) in [7, 11) is 0. The van der Waals surface area contributed by atoms with Gasteiger partial charge in [0.2, 0.25) is 5.91 Å². The maximum Gasteiger partial charge on any atom is 0.387 e. The third-order valence-corrected chi connectivity index (χ3v) is 3.11. The first-order chi connectivity index (χ1) is 11.5. The van der Waals surface area contributed by atoms with Crippen molar-refractivity contribution >= 4 is 5.91 Å². The summed E-state index contributed by atoms with van der Waals surface area (Å²) in [5.74, 6) is -0.924. The largest absolute Gasteiger partial charge is 0.504 e. The van der Waals surface area contributed by atoms with Crippen molar-refractivity contribution in [2.24, 2.45) is 0 Å². The molecule has 0 atom stereocenters. The Hall–Kier alpha value is -2.68. The molecule has 2 rings (SSSR count). The number of ether oxygens (including phenoxy) is 1. The van der Waals surface area contributed by atoms with E-state index in [1.54, 1.807) is 16.9 Å². The molecule has 0 aliphatic heterocycles. The number of nitrogens with one attached hydrogen (secondary N) is 1. The SMILES string of the molecule is O=C(CCn1ccc(-c2ccc(OC(F)F)c(O)c2)n1)NCCO. The highest BCUT2D eigenvalue weighted by Gasteiger charge is 2.12. The second kappa shape index (κ2) is 8.25. The van der Waals surface area contributed by atoms with Crippen molar-refractivity contribution in [3.05, 3.63) is 30.5 Å². The second-order valence-corrected chi connectivity index (χ2v) is 4.85. The van der Waals surface area contributed by atoms with Crippen molar-refractivity contribution in [2.45, 2.75) is 19.6 Å². The van der Waals surface area contributed by atoms with Gasteiger partial charge < -0.3 is 20.3 Å². The number of aliphatic hydroxyl groups excluding tert-OH is 1. The van der Waals surface area contributed by atoms with E-state index in [0.29, 0.717) is 17.8 Å². The summed E-state index contributed by atoms with van der Waals surface area (Å²) in [6.45, 7) is -2.59. The van der Waals surface area contributed by atoms with Crippen molar-refractivity contribution in [3.8, 4) is 22.8 Å². The molecule has 24 heavy (non-hydrogen) atoms. The van der Waals surface area contributed by atoms with Gasteiger partial charge in [0, 0.05) is 31.3 Å². The third kappa shape index (κ3) is 4.92. The molecule has 7 nitrogen and oxygen atoms in total. The molecule has 130 valence electrons. The normalized spacial score (nSPS) is 10.8. The number of amides is 1. The predicted octanol–water partition coefficient (Wildman–Crippen LogP) is 1.36. The Morgan fingerprint density at radius 1 is 1.38 bits per heavy atom.